The topological polar surface area (TPSA) is 49.6 Å². The Morgan fingerprint density at radius 2 is 2.11 bits per heavy atom. The molecule has 0 spiro atoms. The smallest absolute Gasteiger partial charge is 0.138 e. The lowest BCUT2D eigenvalue weighted by atomic mass is 10.7. The third-order valence-electron chi connectivity index (χ3n) is 0.700. The summed E-state index contributed by atoms with van der Waals surface area (Å²) < 4.78 is 0. The second-order valence-corrected chi connectivity index (χ2v) is 2.13. The van der Waals surface area contributed by atoms with Crippen LogP contribution in [0.4, 0.5) is 0 Å². The van der Waals surface area contributed by atoms with Crippen molar-refractivity contribution in [3.05, 3.63) is 18.7 Å². The Kier molecular flexibility index (Phi) is 2.05. The average molecular weight is 137 g/mol. The molecule has 0 bridgehead atoms. The van der Waals surface area contributed by atoms with E-state index in [2.05, 4.69) is 9.97 Å². The molecule has 0 radical (unpaired) electrons. The quantitative estimate of drug-likeness (QED) is 0.429. The van der Waals surface area contributed by atoms with Crippen molar-refractivity contribution in [2.24, 2.45) is 0 Å². The van der Waals surface area contributed by atoms with Crippen molar-refractivity contribution in [2.75, 3.05) is 0 Å². The molecule has 3 nitrogen and oxygen atoms in total. The molecule has 0 aliphatic carbocycles. The highest BCUT2D eigenvalue weighted by molar-refractivity contribution is 8.03. The number of hydrogen-bond donors (Lipinski definition) is 0. The predicted octanol–water partition coefficient (Wildman–Crippen LogP) is 1.05. The van der Waals surface area contributed by atoms with Gasteiger partial charge in [0, 0.05) is 12.4 Å². The SMILES string of the molecule is N#CSc1cncnc1. The van der Waals surface area contributed by atoms with Crippen molar-refractivity contribution in [3.63, 3.8) is 0 Å². The number of rotatable bonds is 1. The number of thioether (sulfide) groups is 1. The molecule has 0 aliphatic heterocycles. The molecule has 44 valence electrons. The number of thiocyanates is 1. The molecule has 0 N–H and O–H groups in total. The van der Waals surface area contributed by atoms with Gasteiger partial charge in [0.15, 0.2) is 0 Å². The van der Waals surface area contributed by atoms with Crippen LogP contribution in [0.1, 0.15) is 0 Å². The van der Waals surface area contributed by atoms with E-state index in [0.29, 0.717) is 0 Å². The maximum Gasteiger partial charge on any atom is 0.138 e. The summed E-state index contributed by atoms with van der Waals surface area (Å²) in [6, 6.07) is 0. The van der Waals surface area contributed by atoms with E-state index in [1.54, 1.807) is 12.4 Å². The number of hydrogen-bond acceptors (Lipinski definition) is 4. The van der Waals surface area contributed by atoms with Gasteiger partial charge in [0.25, 0.3) is 0 Å². The highest BCUT2D eigenvalue weighted by Gasteiger charge is 1.87. The summed E-state index contributed by atoms with van der Waals surface area (Å²) in [6.07, 6.45) is 4.63. The molecule has 1 aromatic rings. The highest BCUT2D eigenvalue weighted by Crippen LogP contribution is 2.11. The van der Waals surface area contributed by atoms with Gasteiger partial charge in [-0.2, -0.15) is 5.26 Å². The molecule has 0 aromatic carbocycles. The van der Waals surface area contributed by atoms with Gasteiger partial charge in [-0.1, -0.05) is 0 Å². The molecule has 1 aromatic heterocycles. The molecule has 0 aliphatic rings. The molecular formula is C5H3N3S. The van der Waals surface area contributed by atoms with E-state index in [1.807, 2.05) is 5.40 Å². The number of nitrogens with zero attached hydrogens (tertiary/aromatic N) is 3. The Morgan fingerprint density at radius 3 is 2.67 bits per heavy atom. The van der Waals surface area contributed by atoms with Gasteiger partial charge >= 0.3 is 0 Å². The van der Waals surface area contributed by atoms with Gasteiger partial charge in [0.1, 0.15) is 11.7 Å². The minimum Gasteiger partial charge on any atom is -0.244 e. The molecular weight excluding hydrogens is 134 g/mol. The molecule has 9 heavy (non-hydrogen) atoms. The van der Waals surface area contributed by atoms with Gasteiger partial charge in [0.05, 0.1) is 4.90 Å². The monoisotopic (exact) mass is 137 g/mol. The summed E-state index contributed by atoms with van der Waals surface area (Å²) in [4.78, 5) is 8.22. The average Bonchev–Trinajstić information content (AvgIpc) is 1.91. The molecule has 0 fully saturated rings. The van der Waals surface area contributed by atoms with E-state index in [-0.39, 0.29) is 0 Å². The molecule has 1 rings (SSSR count). The summed E-state index contributed by atoms with van der Waals surface area (Å²) in [7, 11) is 0. The minimum absolute atomic E-state index is 0.778. The first-order chi connectivity index (χ1) is 4.43. The Hall–Kier alpha value is -1.08. The van der Waals surface area contributed by atoms with Crippen LogP contribution in [0, 0.1) is 10.7 Å². The molecule has 0 saturated carbocycles. The van der Waals surface area contributed by atoms with Crippen LogP contribution in [0.3, 0.4) is 0 Å². The van der Waals surface area contributed by atoms with Crippen molar-refractivity contribution >= 4 is 11.8 Å². The molecule has 1 heterocycles. The van der Waals surface area contributed by atoms with Crippen LogP contribution in [-0.4, -0.2) is 9.97 Å². The predicted molar refractivity (Wildman–Crippen MR) is 33.5 cm³/mol. The van der Waals surface area contributed by atoms with Gasteiger partial charge in [-0.25, -0.2) is 9.97 Å². The Bertz CT molecular complexity index is 215. The zero-order valence-corrected chi connectivity index (χ0v) is 5.30. The van der Waals surface area contributed by atoms with Crippen LogP contribution in [-0.2, 0) is 0 Å². The van der Waals surface area contributed by atoms with Gasteiger partial charge < -0.3 is 0 Å². The van der Waals surface area contributed by atoms with Crippen molar-refractivity contribution < 1.29 is 0 Å². The molecule has 0 atom stereocenters. The maximum atomic E-state index is 8.18. The summed E-state index contributed by atoms with van der Waals surface area (Å²) in [6.45, 7) is 0. The van der Waals surface area contributed by atoms with Gasteiger partial charge in [-0.3, -0.25) is 0 Å². The second kappa shape index (κ2) is 3.05. The Morgan fingerprint density at radius 1 is 1.44 bits per heavy atom. The molecule has 0 amide bonds. The first kappa shape index (κ1) is 6.05. The van der Waals surface area contributed by atoms with E-state index in [1.165, 1.54) is 6.33 Å². The minimum atomic E-state index is 0.778. The Labute approximate surface area is 56.8 Å². The van der Waals surface area contributed by atoms with Crippen LogP contribution in [0.15, 0.2) is 23.6 Å². The zero-order chi connectivity index (χ0) is 6.53. The summed E-state index contributed by atoms with van der Waals surface area (Å²) >= 11 is 1.06. The maximum absolute atomic E-state index is 8.18. The largest absolute Gasteiger partial charge is 0.244 e. The fourth-order valence-electron chi connectivity index (χ4n) is 0.391. The molecule has 0 unspecified atom stereocenters. The standard InChI is InChI=1S/C5H3N3S/c6-3-9-5-1-7-4-8-2-5/h1-2,4H. The van der Waals surface area contributed by atoms with Gasteiger partial charge in [-0.05, 0) is 11.8 Å². The summed E-state index contributed by atoms with van der Waals surface area (Å²) in [5, 5.41) is 10.1. The first-order valence-electron chi connectivity index (χ1n) is 2.24. The summed E-state index contributed by atoms with van der Waals surface area (Å²) in [5.74, 6) is 0. The zero-order valence-electron chi connectivity index (χ0n) is 4.48. The van der Waals surface area contributed by atoms with Crippen molar-refractivity contribution in [1.82, 2.24) is 9.97 Å². The third kappa shape index (κ3) is 1.70. The lowest BCUT2D eigenvalue weighted by Gasteiger charge is -1.85. The first-order valence-corrected chi connectivity index (χ1v) is 3.06. The highest BCUT2D eigenvalue weighted by atomic mass is 32.2. The lowest BCUT2D eigenvalue weighted by Crippen LogP contribution is -1.74. The van der Waals surface area contributed by atoms with Crippen LogP contribution in [0.2, 0.25) is 0 Å². The van der Waals surface area contributed by atoms with E-state index in [4.69, 9.17) is 5.26 Å². The van der Waals surface area contributed by atoms with E-state index in [0.717, 1.165) is 16.7 Å². The molecule has 4 heteroatoms. The third-order valence-corrected chi connectivity index (χ3v) is 1.24. The number of nitriles is 1. The van der Waals surface area contributed by atoms with Crippen molar-refractivity contribution in [1.29, 1.82) is 5.26 Å². The molecule has 0 saturated heterocycles. The van der Waals surface area contributed by atoms with E-state index >= 15 is 0 Å². The fourth-order valence-corrected chi connectivity index (χ4v) is 0.723. The second-order valence-electron chi connectivity index (χ2n) is 1.27. The van der Waals surface area contributed by atoms with E-state index in [9.17, 15) is 0 Å². The normalized spacial score (nSPS) is 8.33. The lowest BCUT2D eigenvalue weighted by molar-refractivity contribution is 1.10. The van der Waals surface area contributed by atoms with Gasteiger partial charge in [-0.15, -0.1) is 0 Å². The van der Waals surface area contributed by atoms with E-state index < -0.39 is 0 Å². The van der Waals surface area contributed by atoms with Crippen LogP contribution in [0.25, 0.3) is 0 Å². The van der Waals surface area contributed by atoms with Crippen molar-refractivity contribution in [3.8, 4) is 5.40 Å². The summed E-state index contributed by atoms with van der Waals surface area (Å²) in [5.41, 5.74) is 0. The van der Waals surface area contributed by atoms with Crippen LogP contribution >= 0.6 is 11.8 Å². The van der Waals surface area contributed by atoms with Crippen LogP contribution < -0.4 is 0 Å². The van der Waals surface area contributed by atoms with Crippen molar-refractivity contribution in [2.45, 2.75) is 4.90 Å². The van der Waals surface area contributed by atoms with Gasteiger partial charge in [0.2, 0.25) is 0 Å². The number of aromatic nitrogens is 2. The Balaban J connectivity index is 2.76. The van der Waals surface area contributed by atoms with Crippen LogP contribution in [0.5, 0.6) is 0 Å². The fraction of sp³-hybridized carbons (Fsp3) is 0.